The number of pyridine rings is 1. The highest BCUT2D eigenvalue weighted by Gasteiger charge is 2.10. The summed E-state index contributed by atoms with van der Waals surface area (Å²) in [6.07, 6.45) is 2.83. The number of aldehydes is 1. The van der Waals surface area contributed by atoms with Crippen molar-refractivity contribution in [2.24, 2.45) is 0 Å². The van der Waals surface area contributed by atoms with Crippen LogP contribution in [0, 0.1) is 6.92 Å². The van der Waals surface area contributed by atoms with Crippen molar-refractivity contribution in [1.82, 2.24) is 4.40 Å². The van der Waals surface area contributed by atoms with Gasteiger partial charge in [-0.1, -0.05) is 35.9 Å². The van der Waals surface area contributed by atoms with Gasteiger partial charge in [0.05, 0.1) is 5.69 Å². The van der Waals surface area contributed by atoms with Crippen LogP contribution in [0.2, 0.25) is 0 Å². The van der Waals surface area contributed by atoms with Crippen LogP contribution >= 0.6 is 0 Å². The van der Waals surface area contributed by atoms with Crippen LogP contribution in [-0.4, -0.2) is 10.7 Å². The van der Waals surface area contributed by atoms with Crippen molar-refractivity contribution in [3.8, 4) is 11.1 Å². The minimum atomic E-state index is 0.703. The number of hydrogen-bond acceptors (Lipinski definition) is 1. The van der Waals surface area contributed by atoms with E-state index < -0.39 is 0 Å². The normalized spacial score (nSPS) is 10.7. The SMILES string of the molecule is Cc1ccc(-c2cc3ccccn3c2C=O)cc1. The van der Waals surface area contributed by atoms with Crippen molar-refractivity contribution in [2.45, 2.75) is 6.92 Å². The van der Waals surface area contributed by atoms with Crippen LogP contribution in [0.4, 0.5) is 0 Å². The van der Waals surface area contributed by atoms with E-state index in [1.807, 2.05) is 28.8 Å². The summed E-state index contributed by atoms with van der Waals surface area (Å²) in [4.78, 5) is 11.3. The summed E-state index contributed by atoms with van der Waals surface area (Å²) < 4.78 is 1.92. The first kappa shape index (κ1) is 10.8. The maximum absolute atomic E-state index is 11.3. The Hall–Kier alpha value is -2.35. The first-order chi connectivity index (χ1) is 8.79. The largest absolute Gasteiger partial charge is 0.314 e. The molecule has 1 aromatic carbocycles. The molecule has 0 unspecified atom stereocenters. The van der Waals surface area contributed by atoms with Crippen molar-refractivity contribution in [1.29, 1.82) is 0 Å². The summed E-state index contributed by atoms with van der Waals surface area (Å²) in [6.45, 7) is 2.06. The highest BCUT2D eigenvalue weighted by Crippen LogP contribution is 2.26. The van der Waals surface area contributed by atoms with Crippen molar-refractivity contribution in [2.75, 3.05) is 0 Å². The minimum Gasteiger partial charge on any atom is -0.314 e. The van der Waals surface area contributed by atoms with Gasteiger partial charge in [0.25, 0.3) is 0 Å². The Balaban J connectivity index is 2.28. The zero-order valence-electron chi connectivity index (χ0n) is 10.1. The predicted molar refractivity (Wildman–Crippen MR) is 73.0 cm³/mol. The molecule has 2 nitrogen and oxygen atoms in total. The second-order valence-corrected chi connectivity index (χ2v) is 4.42. The van der Waals surface area contributed by atoms with Gasteiger partial charge >= 0.3 is 0 Å². The summed E-state index contributed by atoms with van der Waals surface area (Å²) in [7, 11) is 0. The third-order valence-corrected chi connectivity index (χ3v) is 3.19. The summed E-state index contributed by atoms with van der Waals surface area (Å²) in [5, 5.41) is 0. The predicted octanol–water partition coefficient (Wildman–Crippen LogP) is 3.73. The quantitative estimate of drug-likeness (QED) is 0.620. The number of aryl methyl sites for hydroxylation is 1. The van der Waals surface area contributed by atoms with E-state index in [0.29, 0.717) is 5.69 Å². The van der Waals surface area contributed by atoms with E-state index in [-0.39, 0.29) is 0 Å². The standard InChI is InChI=1S/C16H13NO/c1-12-5-7-13(8-6-12)15-10-14-4-2-3-9-17(14)16(15)11-18/h2-11H,1H3. The molecule has 0 aliphatic carbocycles. The van der Waals surface area contributed by atoms with Crippen LogP contribution in [-0.2, 0) is 0 Å². The van der Waals surface area contributed by atoms with Crippen LogP contribution in [0.15, 0.2) is 54.7 Å². The molecule has 3 rings (SSSR count). The number of benzene rings is 1. The summed E-state index contributed by atoms with van der Waals surface area (Å²) in [5.41, 5.74) is 5.02. The number of nitrogens with zero attached hydrogens (tertiary/aromatic N) is 1. The maximum Gasteiger partial charge on any atom is 0.167 e. The van der Waals surface area contributed by atoms with Gasteiger partial charge in [0, 0.05) is 17.3 Å². The number of rotatable bonds is 2. The van der Waals surface area contributed by atoms with Gasteiger partial charge in [0.15, 0.2) is 6.29 Å². The van der Waals surface area contributed by atoms with Gasteiger partial charge in [0.2, 0.25) is 0 Å². The Morgan fingerprint density at radius 1 is 1.06 bits per heavy atom. The fraction of sp³-hybridized carbons (Fsp3) is 0.0625. The van der Waals surface area contributed by atoms with Crippen LogP contribution in [0.5, 0.6) is 0 Å². The number of carbonyl (C=O) groups excluding carboxylic acids is 1. The Morgan fingerprint density at radius 3 is 2.56 bits per heavy atom. The Bertz CT molecular complexity index is 708. The molecule has 0 saturated carbocycles. The molecule has 0 aliphatic rings. The molecule has 18 heavy (non-hydrogen) atoms. The maximum atomic E-state index is 11.3. The topological polar surface area (TPSA) is 21.5 Å². The van der Waals surface area contributed by atoms with E-state index in [1.54, 1.807) is 0 Å². The molecule has 0 bridgehead atoms. The van der Waals surface area contributed by atoms with E-state index in [9.17, 15) is 4.79 Å². The highest BCUT2D eigenvalue weighted by molar-refractivity contribution is 5.89. The minimum absolute atomic E-state index is 0.703. The highest BCUT2D eigenvalue weighted by atomic mass is 16.1. The molecule has 0 radical (unpaired) electrons. The molecule has 0 saturated heterocycles. The lowest BCUT2D eigenvalue weighted by atomic mass is 10.0. The smallest absolute Gasteiger partial charge is 0.167 e. The second kappa shape index (κ2) is 4.15. The summed E-state index contributed by atoms with van der Waals surface area (Å²) in [6, 6.07) is 16.2. The van der Waals surface area contributed by atoms with E-state index in [2.05, 4.69) is 37.3 Å². The molecular formula is C16H13NO. The molecule has 0 N–H and O–H groups in total. The van der Waals surface area contributed by atoms with E-state index in [4.69, 9.17) is 0 Å². The van der Waals surface area contributed by atoms with Gasteiger partial charge in [-0.3, -0.25) is 4.79 Å². The molecular weight excluding hydrogens is 222 g/mol. The second-order valence-electron chi connectivity index (χ2n) is 4.42. The number of carbonyl (C=O) groups is 1. The Labute approximate surface area is 105 Å². The van der Waals surface area contributed by atoms with E-state index in [1.165, 1.54) is 5.56 Å². The third-order valence-electron chi connectivity index (χ3n) is 3.19. The van der Waals surface area contributed by atoms with E-state index >= 15 is 0 Å². The molecule has 0 aliphatic heterocycles. The van der Waals surface area contributed by atoms with Crippen molar-refractivity contribution in [3.05, 3.63) is 66.0 Å². The Kier molecular flexibility index (Phi) is 2.49. The van der Waals surface area contributed by atoms with Crippen LogP contribution in [0.25, 0.3) is 16.6 Å². The molecule has 2 aromatic heterocycles. The molecule has 2 heterocycles. The van der Waals surface area contributed by atoms with Crippen LogP contribution in [0.1, 0.15) is 16.1 Å². The zero-order valence-corrected chi connectivity index (χ0v) is 10.1. The summed E-state index contributed by atoms with van der Waals surface area (Å²) in [5.74, 6) is 0. The molecule has 0 fully saturated rings. The number of aromatic nitrogens is 1. The summed E-state index contributed by atoms with van der Waals surface area (Å²) >= 11 is 0. The molecule has 0 amide bonds. The number of hydrogen-bond donors (Lipinski definition) is 0. The molecule has 0 atom stereocenters. The van der Waals surface area contributed by atoms with Gasteiger partial charge in [-0.05, 0) is 30.7 Å². The molecule has 0 spiro atoms. The van der Waals surface area contributed by atoms with Crippen LogP contribution in [0.3, 0.4) is 0 Å². The van der Waals surface area contributed by atoms with E-state index in [0.717, 1.165) is 22.9 Å². The van der Waals surface area contributed by atoms with Gasteiger partial charge in [-0.25, -0.2) is 0 Å². The van der Waals surface area contributed by atoms with Gasteiger partial charge in [-0.15, -0.1) is 0 Å². The lowest BCUT2D eigenvalue weighted by molar-refractivity contribution is 0.111. The van der Waals surface area contributed by atoms with Crippen LogP contribution < -0.4 is 0 Å². The van der Waals surface area contributed by atoms with Crippen molar-refractivity contribution < 1.29 is 4.79 Å². The lowest BCUT2D eigenvalue weighted by Gasteiger charge is -2.01. The Morgan fingerprint density at radius 2 is 1.83 bits per heavy atom. The average molecular weight is 235 g/mol. The lowest BCUT2D eigenvalue weighted by Crippen LogP contribution is -1.91. The fourth-order valence-electron chi connectivity index (χ4n) is 2.23. The average Bonchev–Trinajstić information content (AvgIpc) is 2.78. The third kappa shape index (κ3) is 1.63. The monoisotopic (exact) mass is 235 g/mol. The number of fused-ring (bicyclic) bond motifs is 1. The fourth-order valence-corrected chi connectivity index (χ4v) is 2.23. The zero-order chi connectivity index (χ0) is 12.5. The first-order valence-electron chi connectivity index (χ1n) is 5.92. The van der Waals surface area contributed by atoms with Crippen molar-refractivity contribution in [3.63, 3.8) is 0 Å². The van der Waals surface area contributed by atoms with Crippen molar-refractivity contribution >= 4 is 11.8 Å². The van der Waals surface area contributed by atoms with Gasteiger partial charge in [-0.2, -0.15) is 0 Å². The van der Waals surface area contributed by atoms with Gasteiger partial charge in [0.1, 0.15) is 0 Å². The molecule has 88 valence electrons. The molecule has 2 heteroatoms. The van der Waals surface area contributed by atoms with Gasteiger partial charge < -0.3 is 4.40 Å². The first-order valence-corrected chi connectivity index (χ1v) is 5.92. The molecule has 3 aromatic rings.